The van der Waals surface area contributed by atoms with Crippen LogP contribution in [0.4, 0.5) is 0 Å². The van der Waals surface area contributed by atoms with Gasteiger partial charge in [0.15, 0.2) is 76.4 Å². The number of ether oxygens (including phenoxy) is 17. The molecule has 45 nitrogen and oxygen atoms in total. The van der Waals surface area contributed by atoms with Crippen molar-refractivity contribution in [1.29, 1.82) is 0 Å². The molecule has 0 radical (unpaired) electrons. The molecule has 0 saturated carbocycles. The minimum Gasteiger partial charge on any atom is -0.571 e. The number of phenols is 5. The molecular weight excluding hydrogens is 1670 g/mol. The van der Waals surface area contributed by atoms with Gasteiger partial charge >= 0.3 is 17.9 Å². The highest BCUT2D eigenvalue weighted by Gasteiger charge is 2.56. The lowest BCUT2D eigenvalue weighted by atomic mass is 9.96. The third kappa shape index (κ3) is 20.7. The molecule has 6 saturated heterocycles. The molecule has 0 amide bonds. The van der Waals surface area contributed by atoms with Crippen LogP contribution in [-0.4, -0.2) is 381 Å². The van der Waals surface area contributed by atoms with Gasteiger partial charge in [-0.1, -0.05) is 18.2 Å². The van der Waals surface area contributed by atoms with Gasteiger partial charge in [-0.15, -0.1) is 0 Å². The predicted molar refractivity (Wildman–Crippen MR) is 403 cm³/mol. The van der Waals surface area contributed by atoms with Crippen molar-refractivity contribution in [2.75, 3.05) is 46.8 Å². The van der Waals surface area contributed by atoms with Crippen LogP contribution in [0.25, 0.3) is 24.3 Å². The van der Waals surface area contributed by atoms with E-state index in [0.717, 1.165) is 85.0 Å². The molecule has 31 atom stereocenters. The van der Waals surface area contributed by atoms with E-state index >= 15 is 0 Å². The topological polar surface area (TPSA) is 717 Å². The molecule has 26 N–H and O–H groups in total. The molecule has 7 aliphatic heterocycles. The second-order valence-electron chi connectivity index (χ2n) is 29.2. The molecule has 45 heteroatoms. The lowest BCUT2D eigenvalue weighted by Crippen LogP contribution is -2.65. The highest BCUT2D eigenvalue weighted by atomic mass is 16.8. The van der Waals surface area contributed by atoms with E-state index in [1.54, 1.807) is 0 Å². The van der Waals surface area contributed by atoms with Crippen molar-refractivity contribution < 1.29 is 223 Å². The molecule has 0 aromatic heterocycles. The maximum Gasteiger partial charge on any atom is 0.331 e. The summed E-state index contributed by atoms with van der Waals surface area (Å²) in [6.07, 6.45) is -51.9. The minimum atomic E-state index is -2.36. The van der Waals surface area contributed by atoms with Crippen molar-refractivity contribution in [3.8, 4) is 63.2 Å². The molecule has 0 spiro atoms. The largest absolute Gasteiger partial charge is 0.571 e. The highest BCUT2D eigenvalue weighted by Crippen LogP contribution is 2.49. The van der Waals surface area contributed by atoms with Crippen molar-refractivity contribution in [2.45, 2.75) is 190 Å². The molecule has 12 rings (SSSR count). The zero-order chi connectivity index (χ0) is 89.6. The van der Waals surface area contributed by atoms with Crippen molar-refractivity contribution in [2.24, 2.45) is 0 Å². The van der Waals surface area contributed by atoms with Gasteiger partial charge in [-0.3, -0.25) is 0 Å². The fourth-order valence-electron chi connectivity index (χ4n) is 14.0. The van der Waals surface area contributed by atoms with Gasteiger partial charge in [-0.05, 0) is 89.5 Å². The van der Waals surface area contributed by atoms with Gasteiger partial charge in [0.2, 0.25) is 31.5 Å². The van der Waals surface area contributed by atoms with Gasteiger partial charge in [0.05, 0.1) is 51.8 Å². The molecule has 7 aliphatic rings. The van der Waals surface area contributed by atoms with Crippen LogP contribution in [0, 0.1) is 0 Å². The van der Waals surface area contributed by atoms with E-state index in [0.29, 0.717) is 0 Å². The van der Waals surface area contributed by atoms with Crippen LogP contribution in [0.2, 0.25) is 0 Å². The average Bonchev–Trinajstić information content (AvgIpc) is 0.756. The summed E-state index contributed by atoms with van der Waals surface area (Å²) in [4.78, 5) is 41.1. The van der Waals surface area contributed by atoms with Gasteiger partial charge < -0.3 is 208 Å². The first kappa shape index (κ1) is 93.2. The summed E-state index contributed by atoms with van der Waals surface area (Å²) in [5.41, 5.74) is 0.174. The standard InChI is InChI=1S/C79H92O45/c1-108-42-19-32(8-11-35(42)86)70-45(22-34-40(110-70)20-33(85)21-41(34)112-74-67(105)61(99)55(93)46(23-80)116-74)115-78-73(124-79-72(65(103)59(97)50(27-84)120-79)123-54(92)15-7-31-3-10-37(88)44(18-31)114-76-69(107)63(101)57(95)48(25-82)118-76)66(104)60(98)51(121-78)28-109-52(90)13-5-29-4-12-39(38(89)16-29)111-77-71(64(102)58(96)49(26-83)119-77)122-53(91)14-6-30-2-9-36(87)43(17-30)113-75-68(106)62(100)56(94)47(24-81)117-75/h2-22,46-51,55-89,93-107H,23-28H2,1H3/p+1. The summed E-state index contributed by atoms with van der Waals surface area (Å²) in [5.74, 6) is -8.73. The molecule has 31 unspecified atom stereocenters. The number of carbonyl (C=O) groups is 3. The number of methoxy groups -OCH3 is 1. The number of aromatic hydroxyl groups is 6. The number of fused-ring (bicyclic) bond motifs is 1. The number of rotatable bonds is 29. The van der Waals surface area contributed by atoms with Gasteiger partial charge in [0.1, 0.15) is 152 Å². The summed E-state index contributed by atoms with van der Waals surface area (Å²) in [6.45, 7) is -5.48. The van der Waals surface area contributed by atoms with Crippen molar-refractivity contribution in [3.63, 3.8) is 0 Å². The van der Waals surface area contributed by atoms with Gasteiger partial charge in [-0.25, -0.2) is 14.4 Å². The first-order valence-corrected chi connectivity index (χ1v) is 38.1. The number of aliphatic hydroxyl groups excluding tert-OH is 20. The van der Waals surface area contributed by atoms with Crippen LogP contribution in [0.5, 0.6) is 63.2 Å². The van der Waals surface area contributed by atoms with Gasteiger partial charge in [-0.2, -0.15) is 0 Å². The van der Waals surface area contributed by atoms with Crippen LogP contribution in [0.1, 0.15) is 33.9 Å². The molecule has 6 fully saturated rings. The highest BCUT2D eigenvalue weighted by molar-refractivity contribution is 5.88. The fourth-order valence-corrected chi connectivity index (χ4v) is 14.0. The second kappa shape index (κ2) is 40.5. The number of hydrogen-bond acceptors (Lipinski definition) is 44. The van der Waals surface area contributed by atoms with E-state index in [9.17, 15) is 142 Å². The van der Waals surface area contributed by atoms with Gasteiger partial charge in [0.25, 0.3) is 11.9 Å². The molecule has 0 bridgehead atoms. The summed E-state index contributed by atoms with van der Waals surface area (Å²) < 4.78 is 96.9. The number of esters is 3. The van der Waals surface area contributed by atoms with Crippen molar-refractivity contribution >= 4 is 42.2 Å². The number of benzene rings is 5. The SMILES string of the molecule is COc1cc(C2[OH+]c3cc(O)cc(OC4OC(CO)C(O)C(O)C4O)c3C=C2OC2OC(COC(=O)C=Cc3ccc(OC4OC(CO)C(O)C(O)C4OC(=O)C=Cc4ccc(O)c(OC5OC(CO)C(O)C(O)C5O)c4)c(O)c3)C(O)C(O)C2OC2OC(CO)C(O)C(O)C2OC(=O)C=Cc2ccc(O)c(OC3OC(CO)C(O)C(O)C3O)c2)ccc1O. The Hall–Kier alpha value is -10.0. The van der Waals surface area contributed by atoms with Crippen LogP contribution in [0.15, 0.2) is 109 Å². The van der Waals surface area contributed by atoms with Crippen LogP contribution in [-0.2, 0) is 66.5 Å². The fraction of sp³-hybridized carbons (Fsp3) is 0.481. The van der Waals surface area contributed by atoms with E-state index in [1.165, 1.54) is 49.6 Å². The Morgan fingerprint density at radius 1 is 0.363 bits per heavy atom. The molecular formula is C79H93O45+. The molecule has 5 aromatic carbocycles. The van der Waals surface area contributed by atoms with Gasteiger partial charge in [0, 0.05) is 30.4 Å². The van der Waals surface area contributed by atoms with Crippen LogP contribution in [0.3, 0.4) is 0 Å². The number of hydrogen-bond donors (Lipinski definition) is 25. The van der Waals surface area contributed by atoms with Crippen molar-refractivity contribution in [1.82, 2.24) is 0 Å². The predicted octanol–water partition coefficient (Wildman–Crippen LogP) is -7.29. The lowest BCUT2D eigenvalue weighted by Gasteiger charge is -2.46. The summed E-state index contributed by atoms with van der Waals surface area (Å²) in [6, 6.07) is 16.4. The zero-order valence-corrected chi connectivity index (χ0v) is 64.6. The third-order valence-corrected chi connectivity index (χ3v) is 20.9. The second-order valence-corrected chi connectivity index (χ2v) is 29.2. The first-order valence-electron chi connectivity index (χ1n) is 38.1. The Kier molecular flexibility index (Phi) is 30.4. The number of phenolic OH excluding ortho intramolecular Hbond substituents is 5. The first-order chi connectivity index (χ1) is 59.1. The molecule has 124 heavy (non-hydrogen) atoms. The van der Waals surface area contributed by atoms with E-state index < -0.39 is 288 Å². The molecule has 7 heterocycles. The van der Waals surface area contributed by atoms with Crippen LogP contribution < -0.4 is 23.7 Å². The zero-order valence-electron chi connectivity index (χ0n) is 64.6. The maximum atomic E-state index is 13.9. The molecule has 678 valence electrons. The number of carbonyl (C=O) groups excluding carboxylic acids is 3. The molecule has 0 aliphatic carbocycles. The summed E-state index contributed by atoms with van der Waals surface area (Å²) >= 11 is 0. The minimum absolute atomic E-state index is 0.0302. The Morgan fingerprint density at radius 3 is 1.23 bits per heavy atom. The van der Waals surface area contributed by atoms with E-state index in [-0.39, 0.29) is 56.6 Å². The Morgan fingerprint density at radius 2 is 0.750 bits per heavy atom. The molecule has 5 aromatic rings. The average molecular weight is 1760 g/mol. The maximum absolute atomic E-state index is 13.9. The van der Waals surface area contributed by atoms with Crippen LogP contribution >= 0.6 is 0 Å². The summed E-state index contributed by atoms with van der Waals surface area (Å²) in [5, 5.41) is 268. The van der Waals surface area contributed by atoms with E-state index in [2.05, 4.69) is 0 Å². The number of aliphatic hydroxyl groups is 21. The summed E-state index contributed by atoms with van der Waals surface area (Å²) in [7, 11) is 1.21. The lowest BCUT2D eigenvalue weighted by molar-refractivity contribution is -0.364. The van der Waals surface area contributed by atoms with E-state index in [4.69, 9.17) is 80.5 Å². The quantitative estimate of drug-likeness (QED) is 0.00915. The van der Waals surface area contributed by atoms with E-state index in [1.807, 2.05) is 0 Å². The third-order valence-electron chi connectivity index (χ3n) is 20.9. The monoisotopic (exact) mass is 1760 g/mol. The Balaban J connectivity index is 0.793. The Bertz CT molecular complexity index is 4610. The van der Waals surface area contributed by atoms with Crippen molar-refractivity contribution in [3.05, 3.63) is 137 Å². The normalized spacial score (nSPS) is 35.0. The Labute approximate surface area is 699 Å². The smallest absolute Gasteiger partial charge is 0.331 e.